The van der Waals surface area contributed by atoms with Crippen LogP contribution in [0.4, 0.5) is 10.5 Å². The number of benzene rings is 1. The van der Waals surface area contributed by atoms with Gasteiger partial charge < -0.3 is 15.5 Å². The first-order valence-corrected chi connectivity index (χ1v) is 8.31. The summed E-state index contributed by atoms with van der Waals surface area (Å²) in [6, 6.07) is 6.90. The second-order valence-electron chi connectivity index (χ2n) is 6.11. The summed E-state index contributed by atoms with van der Waals surface area (Å²) in [6.07, 6.45) is 1.11. The third kappa shape index (κ3) is 8.04. The van der Waals surface area contributed by atoms with Crippen LogP contribution in [0.1, 0.15) is 40.5 Å². The maximum Gasteiger partial charge on any atom is 0.408 e. The molecule has 7 heteroatoms. The van der Waals surface area contributed by atoms with E-state index in [1.54, 1.807) is 12.1 Å². The van der Waals surface area contributed by atoms with Crippen LogP contribution in [-0.4, -0.2) is 22.7 Å². The van der Waals surface area contributed by atoms with Crippen LogP contribution in [0.2, 0.25) is 5.02 Å². The Balaban J connectivity index is 2.56. The summed E-state index contributed by atoms with van der Waals surface area (Å²) in [5, 5.41) is 3.45. The summed E-state index contributed by atoms with van der Waals surface area (Å²) in [4.78, 5) is 12.4. The maximum atomic E-state index is 11.9. The van der Waals surface area contributed by atoms with Crippen molar-refractivity contribution in [3.8, 4) is 0 Å². The fraction of sp³-hybridized carbons (Fsp3) is 0.500. The van der Waals surface area contributed by atoms with Gasteiger partial charge in [-0.2, -0.15) is 0 Å². The molecule has 1 aromatic carbocycles. The van der Waals surface area contributed by atoms with Crippen molar-refractivity contribution in [2.24, 2.45) is 0 Å². The average molecular weight is 358 g/mol. The first-order valence-electron chi connectivity index (χ1n) is 7.52. The summed E-state index contributed by atoms with van der Waals surface area (Å²) < 4.78 is 5.27. The maximum absolute atomic E-state index is 11.9. The topological polar surface area (TPSA) is 62.4 Å². The van der Waals surface area contributed by atoms with Crippen LogP contribution >= 0.6 is 23.8 Å². The molecule has 1 aromatic rings. The normalized spacial score (nSPS) is 12.2. The average Bonchev–Trinajstić information content (AvgIpc) is 2.44. The Morgan fingerprint density at radius 2 is 1.91 bits per heavy atom. The van der Waals surface area contributed by atoms with E-state index in [0.717, 1.165) is 12.1 Å². The smallest absolute Gasteiger partial charge is 0.408 e. The van der Waals surface area contributed by atoms with E-state index in [1.165, 1.54) is 0 Å². The number of hydrogen-bond acceptors (Lipinski definition) is 4. The zero-order valence-electron chi connectivity index (χ0n) is 13.9. The molecule has 0 aliphatic heterocycles. The SMILES string of the molecule is CCCC(NC(=O)OC(C)(C)C)C(=S)NNc1ccc(Cl)cc1. The molecule has 5 nitrogen and oxygen atoms in total. The van der Waals surface area contributed by atoms with Gasteiger partial charge in [-0.15, -0.1) is 0 Å². The minimum Gasteiger partial charge on any atom is -0.444 e. The van der Waals surface area contributed by atoms with Gasteiger partial charge in [-0.25, -0.2) is 4.79 Å². The summed E-state index contributed by atoms with van der Waals surface area (Å²) in [6.45, 7) is 7.49. The van der Waals surface area contributed by atoms with Gasteiger partial charge in [-0.05, 0) is 51.5 Å². The molecule has 128 valence electrons. The molecule has 1 amide bonds. The van der Waals surface area contributed by atoms with Crippen molar-refractivity contribution >= 4 is 40.6 Å². The van der Waals surface area contributed by atoms with Gasteiger partial charge in [0.05, 0.1) is 11.7 Å². The Kier molecular flexibility index (Phi) is 7.58. The first kappa shape index (κ1) is 19.5. The summed E-state index contributed by atoms with van der Waals surface area (Å²) >= 11 is 11.2. The van der Waals surface area contributed by atoms with E-state index in [4.69, 9.17) is 28.6 Å². The number of amides is 1. The number of nitrogens with one attached hydrogen (secondary N) is 3. The van der Waals surface area contributed by atoms with Crippen molar-refractivity contribution < 1.29 is 9.53 Å². The third-order valence-corrected chi connectivity index (χ3v) is 3.40. The lowest BCUT2D eigenvalue weighted by Gasteiger charge is -2.24. The molecule has 1 rings (SSSR count). The predicted molar refractivity (Wildman–Crippen MR) is 98.9 cm³/mol. The predicted octanol–water partition coefficient (Wildman–Crippen LogP) is 4.28. The Morgan fingerprint density at radius 3 is 2.43 bits per heavy atom. The van der Waals surface area contributed by atoms with Crippen LogP contribution < -0.4 is 16.2 Å². The van der Waals surface area contributed by atoms with Crippen LogP contribution in [0.3, 0.4) is 0 Å². The van der Waals surface area contributed by atoms with E-state index in [1.807, 2.05) is 39.8 Å². The first-order chi connectivity index (χ1) is 10.7. The lowest BCUT2D eigenvalue weighted by Crippen LogP contribution is -2.48. The number of hydrogen-bond donors (Lipinski definition) is 3. The molecule has 0 aliphatic carbocycles. The number of rotatable bonds is 6. The Hall–Kier alpha value is -1.53. The van der Waals surface area contributed by atoms with E-state index in [0.29, 0.717) is 16.4 Å². The highest BCUT2D eigenvalue weighted by molar-refractivity contribution is 7.80. The second-order valence-corrected chi connectivity index (χ2v) is 6.98. The number of carbonyl (C=O) groups excluding carboxylic acids is 1. The van der Waals surface area contributed by atoms with E-state index in [2.05, 4.69) is 16.2 Å². The third-order valence-electron chi connectivity index (χ3n) is 2.76. The molecule has 0 radical (unpaired) electrons. The highest BCUT2D eigenvalue weighted by Crippen LogP contribution is 2.13. The lowest BCUT2D eigenvalue weighted by atomic mass is 10.1. The van der Waals surface area contributed by atoms with Gasteiger partial charge in [-0.3, -0.25) is 5.43 Å². The molecule has 23 heavy (non-hydrogen) atoms. The molecular formula is C16H24ClN3O2S. The van der Waals surface area contributed by atoms with Gasteiger partial charge in [-0.1, -0.05) is 37.2 Å². The van der Waals surface area contributed by atoms with Crippen molar-refractivity contribution in [2.45, 2.75) is 52.2 Å². The molecule has 0 bridgehead atoms. The summed E-state index contributed by atoms with van der Waals surface area (Å²) in [5.41, 5.74) is 6.21. The molecule has 0 fully saturated rings. The molecular weight excluding hydrogens is 334 g/mol. The number of halogens is 1. The van der Waals surface area contributed by atoms with Crippen molar-refractivity contribution in [1.29, 1.82) is 0 Å². The molecule has 0 heterocycles. The summed E-state index contributed by atoms with van der Waals surface area (Å²) in [5.74, 6) is 0. The quantitative estimate of drug-likeness (QED) is 0.524. The van der Waals surface area contributed by atoms with Gasteiger partial charge in [0.2, 0.25) is 0 Å². The number of alkyl carbamates (subject to hydrolysis) is 1. The van der Waals surface area contributed by atoms with Crippen molar-refractivity contribution in [2.75, 3.05) is 5.43 Å². The molecule has 0 saturated heterocycles. The van der Waals surface area contributed by atoms with Gasteiger partial charge in [0, 0.05) is 5.02 Å². The highest BCUT2D eigenvalue weighted by atomic mass is 35.5. The van der Waals surface area contributed by atoms with Crippen LogP contribution in [-0.2, 0) is 4.74 Å². The summed E-state index contributed by atoms with van der Waals surface area (Å²) in [7, 11) is 0. The van der Waals surface area contributed by atoms with Crippen molar-refractivity contribution in [1.82, 2.24) is 10.7 Å². The highest BCUT2D eigenvalue weighted by Gasteiger charge is 2.21. The lowest BCUT2D eigenvalue weighted by molar-refractivity contribution is 0.0516. The number of thiocarbonyl (C=S) groups is 1. The molecule has 3 N–H and O–H groups in total. The monoisotopic (exact) mass is 357 g/mol. The molecule has 0 spiro atoms. The Bertz CT molecular complexity index is 529. The van der Waals surface area contributed by atoms with E-state index in [9.17, 15) is 4.79 Å². The van der Waals surface area contributed by atoms with Gasteiger partial charge in [0.15, 0.2) is 0 Å². The minimum atomic E-state index is -0.544. The van der Waals surface area contributed by atoms with Gasteiger partial charge in [0.25, 0.3) is 0 Å². The van der Waals surface area contributed by atoms with Crippen molar-refractivity contribution in [3.05, 3.63) is 29.3 Å². The van der Waals surface area contributed by atoms with Gasteiger partial charge in [0.1, 0.15) is 10.6 Å². The zero-order chi connectivity index (χ0) is 17.5. The van der Waals surface area contributed by atoms with Crippen LogP contribution in [0.5, 0.6) is 0 Å². The number of ether oxygens (including phenoxy) is 1. The number of anilines is 1. The molecule has 0 saturated carbocycles. The van der Waals surface area contributed by atoms with E-state index >= 15 is 0 Å². The van der Waals surface area contributed by atoms with E-state index in [-0.39, 0.29) is 6.04 Å². The van der Waals surface area contributed by atoms with Gasteiger partial charge >= 0.3 is 6.09 Å². The van der Waals surface area contributed by atoms with E-state index < -0.39 is 11.7 Å². The standard InChI is InChI=1S/C16H24ClN3O2S/c1-5-6-13(18-15(21)22-16(2,3)4)14(23)20-19-12-9-7-11(17)8-10-12/h7-10,13,19H,5-6H2,1-4H3,(H,18,21)(H,20,23). The fourth-order valence-corrected chi connectivity index (χ4v) is 2.12. The van der Waals surface area contributed by atoms with Crippen molar-refractivity contribution in [3.63, 3.8) is 0 Å². The second kappa shape index (κ2) is 8.93. The Morgan fingerprint density at radius 1 is 1.30 bits per heavy atom. The van der Waals surface area contributed by atoms with Crippen LogP contribution in [0.25, 0.3) is 0 Å². The minimum absolute atomic E-state index is 0.301. The molecule has 1 unspecified atom stereocenters. The fourth-order valence-electron chi connectivity index (χ4n) is 1.76. The Labute approximate surface area is 148 Å². The molecule has 0 aliphatic rings. The van der Waals surface area contributed by atoms with Crippen LogP contribution in [0, 0.1) is 0 Å². The zero-order valence-corrected chi connectivity index (χ0v) is 15.5. The molecule has 1 atom stereocenters. The number of carbonyl (C=O) groups is 1. The number of hydrazine groups is 1. The largest absolute Gasteiger partial charge is 0.444 e. The van der Waals surface area contributed by atoms with Crippen LogP contribution in [0.15, 0.2) is 24.3 Å². The molecule has 0 aromatic heterocycles.